The van der Waals surface area contributed by atoms with Crippen LogP contribution in [0.15, 0.2) is 18.2 Å². The fourth-order valence-electron chi connectivity index (χ4n) is 2.79. The predicted octanol–water partition coefficient (Wildman–Crippen LogP) is 3.24. The molecular formula is C15H20N2O. The minimum Gasteiger partial charge on any atom is -0.335 e. The highest BCUT2D eigenvalue weighted by molar-refractivity contribution is 5.90. The number of nitrogens with one attached hydrogen (secondary N) is 2. The van der Waals surface area contributed by atoms with E-state index in [9.17, 15) is 4.79 Å². The zero-order chi connectivity index (χ0) is 12.4. The monoisotopic (exact) mass is 244 g/mol. The van der Waals surface area contributed by atoms with E-state index in [0.717, 1.165) is 31.4 Å². The zero-order valence-corrected chi connectivity index (χ0v) is 10.7. The van der Waals surface area contributed by atoms with Crippen LogP contribution in [0.5, 0.6) is 0 Å². The molecule has 3 heteroatoms. The molecule has 1 saturated carbocycles. The van der Waals surface area contributed by atoms with Crippen molar-refractivity contribution in [3.8, 4) is 0 Å². The average Bonchev–Trinajstić information content (AvgIpc) is 2.34. The molecule has 2 amide bonds. The van der Waals surface area contributed by atoms with E-state index in [1.54, 1.807) is 0 Å². The number of hydrogen-bond donors (Lipinski definition) is 2. The Balaban J connectivity index is 1.69. The second-order valence-electron chi connectivity index (χ2n) is 5.38. The van der Waals surface area contributed by atoms with E-state index in [1.165, 1.54) is 30.4 Å². The van der Waals surface area contributed by atoms with Crippen LogP contribution in [0.1, 0.15) is 43.2 Å². The first-order chi connectivity index (χ1) is 8.83. The molecular weight excluding hydrogens is 224 g/mol. The van der Waals surface area contributed by atoms with Crippen LogP contribution in [0.25, 0.3) is 0 Å². The second-order valence-corrected chi connectivity index (χ2v) is 5.38. The van der Waals surface area contributed by atoms with Gasteiger partial charge in [0.05, 0.1) is 0 Å². The first-order valence-corrected chi connectivity index (χ1v) is 7.01. The van der Waals surface area contributed by atoms with E-state index in [4.69, 9.17) is 0 Å². The topological polar surface area (TPSA) is 41.1 Å². The van der Waals surface area contributed by atoms with Gasteiger partial charge in [0.1, 0.15) is 0 Å². The maximum atomic E-state index is 11.9. The summed E-state index contributed by atoms with van der Waals surface area (Å²) in [7, 11) is 0. The number of urea groups is 1. The van der Waals surface area contributed by atoms with Crippen molar-refractivity contribution in [1.82, 2.24) is 5.32 Å². The molecule has 96 valence electrons. The Morgan fingerprint density at radius 2 is 1.94 bits per heavy atom. The average molecular weight is 244 g/mol. The van der Waals surface area contributed by atoms with Crippen molar-refractivity contribution in [2.45, 2.75) is 51.0 Å². The number of fused-ring (bicyclic) bond motifs is 1. The molecule has 1 fully saturated rings. The number of amides is 2. The Hall–Kier alpha value is -1.51. The Bertz CT molecular complexity index is 452. The molecule has 0 aromatic heterocycles. The van der Waals surface area contributed by atoms with E-state index in [2.05, 4.69) is 16.7 Å². The van der Waals surface area contributed by atoms with Gasteiger partial charge in [0.25, 0.3) is 0 Å². The molecule has 3 nitrogen and oxygen atoms in total. The molecule has 0 atom stereocenters. The van der Waals surface area contributed by atoms with Crippen LogP contribution < -0.4 is 10.6 Å². The number of aryl methyl sites for hydroxylation is 1. The molecule has 1 aromatic rings. The van der Waals surface area contributed by atoms with Gasteiger partial charge in [-0.05, 0) is 62.1 Å². The van der Waals surface area contributed by atoms with Gasteiger partial charge in [-0.3, -0.25) is 0 Å². The molecule has 0 bridgehead atoms. The molecule has 0 radical (unpaired) electrons. The van der Waals surface area contributed by atoms with Gasteiger partial charge in [0.2, 0.25) is 0 Å². The highest BCUT2D eigenvalue weighted by Gasteiger charge is 2.20. The van der Waals surface area contributed by atoms with Gasteiger partial charge in [-0.2, -0.15) is 0 Å². The largest absolute Gasteiger partial charge is 0.335 e. The van der Waals surface area contributed by atoms with Crippen LogP contribution in [-0.2, 0) is 12.8 Å². The minimum absolute atomic E-state index is 0.0429. The number of benzene rings is 1. The molecule has 0 spiro atoms. The van der Waals surface area contributed by atoms with Crippen LogP contribution in [-0.4, -0.2) is 12.1 Å². The van der Waals surface area contributed by atoms with Gasteiger partial charge in [0, 0.05) is 11.7 Å². The van der Waals surface area contributed by atoms with E-state index in [1.807, 2.05) is 12.1 Å². The third-order valence-electron chi connectivity index (χ3n) is 4.08. The van der Waals surface area contributed by atoms with E-state index >= 15 is 0 Å². The molecule has 0 heterocycles. The summed E-state index contributed by atoms with van der Waals surface area (Å²) in [4.78, 5) is 11.9. The summed E-state index contributed by atoms with van der Waals surface area (Å²) in [5, 5.41) is 6.04. The number of anilines is 1. The molecule has 2 N–H and O–H groups in total. The maximum absolute atomic E-state index is 11.9. The smallest absolute Gasteiger partial charge is 0.319 e. The lowest BCUT2D eigenvalue weighted by molar-refractivity contribution is 0.240. The van der Waals surface area contributed by atoms with E-state index in [-0.39, 0.29) is 6.03 Å². The van der Waals surface area contributed by atoms with Gasteiger partial charge in [0.15, 0.2) is 0 Å². The van der Waals surface area contributed by atoms with Crippen LogP contribution >= 0.6 is 0 Å². The second kappa shape index (κ2) is 5.01. The first-order valence-electron chi connectivity index (χ1n) is 7.01. The molecule has 2 aliphatic rings. The molecule has 2 aliphatic carbocycles. The van der Waals surface area contributed by atoms with Gasteiger partial charge < -0.3 is 10.6 Å². The van der Waals surface area contributed by atoms with Crippen LogP contribution in [0.2, 0.25) is 0 Å². The number of rotatable bonds is 2. The number of carbonyl (C=O) groups is 1. The summed E-state index contributed by atoms with van der Waals surface area (Å²) in [6.07, 6.45) is 8.23. The highest BCUT2D eigenvalue weighted by Crippen LogP contribution is 2.28. The Labute approximate surface area is 108 Å². The summed E-state index contributed by atoms with van der Waals surface area (Å²) in [5.74, 6) is 0. The van der Waals surface area contributed by atoms with Crippen LogP contribution in [0.3, 0.4) is 0 Å². The van der Waals surface area contributed by atoms with Crippen molar-refractivity contribution < 1.29 is 4.79 Å². The first kappa shape index (κ1) is 11.6. The maximum Gasteiger partial charge on any atom is 0.319 e. The van der Waals surface area contributed by atoms with Gasteiger partial charge in [-0.1, -0.05) is 12.1 Å². The van der Waals surface area contributed by atoms with E-state index < -0.39 is 0 Å². The quantitative estimate of drug-likeness (QED) is 0.824. The standard InChI is InChI=1S/C15H20N2O/c18-15(16-12-7-4-8-12)17-14-10-3-6-11-5-1-2-9-13(11)14/h3,6,10,12H,1-2,4-5,7-9H2,(H2,16,17,18). The van der Waals surface area contributed by atoms with Gasteiger partial charge in [-0.25, -0.2) is 4.79 Å². The summed E-state index contributed by atoms with van der Waals surface area (Å²) in [6, 6.07) is 6.60. The van der Waals surface area contributed by atoms with Crippen molar-refractivity contribution in [1.29, 1.82) is 0 Å². The third-order valence-corrected chi connectivity index (χ3v) is 4.08. The van der Waals surface area contributed by atoms with Crippen molar-refractivity contribution in [3.05, 3.63) is 29.3 Å². The molecule has 0 saturated heterocycles. The predicted molar refractivity (Wildman–Crippen MR) is 72.9 cm³/mol. The Kier molecular flexibility index (Phi) is 3.22. The number of hydrogen-bond acceptors (Lipinski definition) is 1. The molecule has 0 aliphatic heterocycles. The van der Waals surface area contributed by atoms with E-state index in [0.29, 0.717) is 6.04 Å². The fraction of sp³-hybridized carbons (Fsp3) is 0.533. The summed E-state index contributed by atoms with van der Waals surface area (Å²) in [5.41, 5.74) is 3.75. The van der Waals surface area contributed by atoms with Crippen molar-refractivity contribution in [2.75, 3.05) is 5.32 Å². The van der Waals surface area contributed by atoms with Gasteiger partial charge in [-0.15, -0.1) is 0 Å². The Morgan fingerprint density at radius 1 is 1.11 bits per heavy atom. The molecule has 3 rings (SSSR count). The Morgan fingerprint density at radius 3 is 2.72 bits per heavy atom. The molecule has 18 heavy (non-hydrogen) atoms. The lowest BCUT2D eigenvalue weighted by Crippen LogP contribution is -2.42. The molecule has 1 aromatic carbocycles. The molecule has 0 unspecified atom stereocenters. The van der Waals surface area contributed by atoms with Gasteiger partial charge >= 0.3 is 6.03 Å². The summed E-state index contributed by atoms with van der Waals surface area (Å²) >= 11 is 0. The minimum atomic E-state index is -0.0429. The van der Waals surface area contributed by atoms with Crippen molar-refractivity contribution >= 4 is 11.7 Å². The van der Waals surface area contributed by atoms with Crippen LogP contribution in [0, 0.1) is 0 Å². The lowest BCUT2D eigenvalue weighted by atomic mass is 9.90. The fourth-order valence-corrected chi connectivity index (χ4v) is 2.79. The number of carbonyl (C=O) groups excluding carboxylic acids is 1. The zero-order valence-electron chi connectivity index (χ0n) is 10.7. The SMILES string of the molecule is O=C(Nc1cccc2c1CCCC2)NC1CCC1. The third kappa shape index (κ3) is 2.35. The van der Waals surface area contributed by atoms with Crippen molar-refractivity contribution in [2.24, 2.45) is 0 Å². The van der Waals surface area contributed by atoms with Crippen molar-refractivity contribution in [3.63, 3.8) is 0 Å². The summed E-state index contributed by atoms with van der Waals surface area (Å²) in [6.45, 7) is 0. The lowest BCUT2D eigenvalue weighted by Gasteiger charge is -2.27. The normalized spacial score (nSPS) is 18.7. The van der Waals surface area contributed by atoms with Crippen LogP contribution in [0.4, 0.5) is 10.5 Å². The summed E-state index contributed by atoms with van der Waals surface area (Å²) < 4.78 is 0. The highest BCUT2D eigenvalue weighted by atomic mass is 16.2.